The van der Waals surface area contributed by atoms with Crippen molar-refractivity contribution in [1.29, 1.82) is 0 Å². The molecule has 0 unspecified atom stereocenters. The van der Waals surface area contributed by atoms with Crippen molar-refractivity contribution in [2.24, 2.45) is 0 Å². The molecule has 0 fully saturated rings. The summed E-state index contributed by atoms with van der Waals surface area (Å²) in [6, 6.07) is 4.18. The predicted octanol–water partition coefficient (Wildman–Crippen LogP) is 2.75. The molecule has 0 atom stereocenters. The van der Waals surface area contributed by atoms with Gasteiger partial charge in [0.2, 0.25) is 0 Å². The van der Waals surface area contributed by atoms with Crippen molar-refractivity contribution in [3.05, 3.63) is 33.8 Å². The van der Waals surface area contributed by atoms with Crippen molar-refractivity contribution in [2.75, 3.05) is 40.0 Å². The first-order chi connectivity index (χ1) is 9.15. The van der Waals surface area contributed by atoms with Gasteiger partial charge in [-0.05, 0) is 43.0 Å². The maximum atomic E-state index is 6.08. The fourth-order valence-electron chi connectivity index (χ4n) is 1.84. The van der Waals surface area contributed by atoms with Gasteiger partial charge in [-0.3, -0.25) is 0 Å². The van der Waals surface area contributed by atoms with Gasteiger partial charge in [0, 0.05) is 25.2 Å². The summed E-state index contributed by atoms with van der Waals surface area (Å²) in [6.45, 7) is 8.07. The topological polar surface area (TPSA) is 30.5 Å². The molecular formula is C15H24ClNO2. The van der Waals surface area contributed by atoms with Crippen LogP contribution >= 0.6 is 11.6 Å². The third-order valence-corrected chi connectivity index (χ3v) is 3.45. The minimum absolute atomic E-state index is 0.731. The zero-order valence-electron chi connectivity index (χ0n) is 12.1. The number of hydrogen-bond donors (Lipinski definition) is 1. The molecule has 0 aliphatic carbocycles. The highest BCUT2D eigenvalue weighted by atomic mass is 35.5. The first kappa shape index (κ1) is 16.4. The monoisotopic (exact) mass is 285 g/mol. The van der Waals surface area contributed by atoms with Gasteiger partial charge in [-0.1, -0.05) is 17.7 Å². The van der Waals surface area contributed by atoms with Gasteiger partial charge in [0.1, 0.15) is 0 Å². The van der Waals surface area contributed by atoms with Gasteiger partial charge in [-0.25, -0.2) is 0 Å². The molecule has 0 spiro atoms. The van der Waals surface area contributed by atoms with Crippen LogP contribution in [0, 0.1) is 13.8 Å². The Balaban J connectivity index is 2.17. The van der Waals surface area contributed by atoms with Crippen LogP contribution in [0.25, 0.3) is 0 Å². The fourth-order valence-corrected chi connectivity index (χ4v) is 2.06. The normalized spacial score (nSPS) is 10.9. The van der Waals surface area contributed by atoms with E-state index in [4.69, 9.17) is 21.1 Å². The molecule has 3 nitrogen and oxygen atoms in total. The van der Waals surface area contributed by atoms with E-state index in [9.17, 15) is 0 Å². The SMILES string of the molecule is COCCNCCOCCc1cc(C)c(Cl)cc1C. The summed E-state index contributed by atoms with van der Waals surface area (Å²) < 4.78 is 10.6. The van der Waals surface area contributed by atoms with Crippen molar-refractivity contribution in [3.8, 4) is 0 Å². The summed E-state index contributed by atoms with van der Waals surface area (Å²) in [4.78, 5) is 0. The van der Waals surface area contributed by atoms with Crippen molar-refractivity contribution in [2.45, 2.75) is 20.3 Å². The molecular weight excluding hydrogens is 262 g/mol. The minimum Gasteiger partial charge on any atom is -0.383 e. The molecule has 0 bridgehead atoms. The third-order valence-electron chi connectivity index (χ3n) is 3.04. The lowest BCUT2D eigenvalue weighted by atomic mass is 10.0. The van der Waals surface area contributed by atoms with Crippen LogP contribution < -0.4 is 5.32 Å². The van der Waals surface area contributed by atoms with Crippen LogP contribution in [0.15, 0.2) is 12.1 Å². The summed E-state index contributed by atoms with van der Waals surface area (Å²) >= 11 is 6.08. The van der Waals surface area contributed by atoms with Gasteiger partial charge >= 0.3 is 0 Å². The second kappa shape index (κ2) is 9.32. The minimum atomic E-state index is 0.731. The number of nitrogens with one attached hydrogen (secondary N) is 1. The smallest absolute Gasteiger partial charge is 0.0591 e. The van der Waals surface area contributed by atoms with Gasteiger partial charge in [-0.15, -0.1) is 0 Å². The molecule has 1 aromatic carbocycles. The maximum Gasteiger partial charge on any atom is 0.0591 e. The Bertz CT molecular complexity index is 383. The van der Waals surface area contributed by atoms with Crippen molar-refractivity contribution in [1.82, 2.24) is 5.32 Å². The van der Waals surface area contributed by atoms with Gasteiger partial charge in [0.15, 0.2) is 0 Å². The van der Waals surface area contributed by atoms with Gasteiger partial charge in [0.05, 0.1) is 19.8 Å². The van der Waals surface area contributed by atoms with Gasteiger partial charge in [-0.2, -0.15) is 0 Å². The van der Waals surface area contributed by atoms with Crippen LogP contribution in [0.3, 0.4) is 0 Å². The Morgan fingerprint density at radius 1 is 1.05 bits per heavy atom. The number of aryl methyl sites for hydroxylation is 2. The number of hydrogen-bond acceptors (Lipinski definition) is 3. The Morgan fingerprint density at radius 3 is 2.53 bits per heavy atom. The van der Waals surface area contributed by atoms with E-state index in [-0.39, 0.29) is 0 Å². The van der Waals surface area contributed by atoms with Gasteiger partial charge < -0.3 is 14.8 Å². The standard InChI is InChI=1S/C15H24ClNO2/c1-12-11-15(16)13(2)10-14(12)4-7-19-9-6-17-5-8-18-3/h10-11,17H,4-9H2,1-3H3. The fraction of sp³-hybridized carbons (Fsp3) is 0.600. The lowest BCUT2D eigenvalue weighted by Crippen LogP contribution is -2.23. The van der Waals surface area contributed by atoms with Gasteiger partial charge in [0.25, 0.3) is 0 Å². The highest BCUT2D eigenvalue weighted by molar-refractivity contribution is 6.31. The summed E-state index contributed by atoms with van der Waals surface area (Å²) in [5.74, 6) is 0. The van der Waals surface area contributed by atoms with E-state index in [0.717, 1.165) is 49.9 Å². The van der Waals surface area contributed by atoms with E-state index in [1.807, 2.05) is 13.0 Å². The number of rotatable bonds is 9. The molecule has 0 heterocycles. The van der Waals surface area contributed by atoms with Crippen molar-refractivity contribution in [3.63, 3.8) is 0 Å². The van der Waals surface area contributed by atoms with Crippen molar-refractivity contribution < 1.29 is 9.47 Å². The average Bonchev–Trinajstić information content (AvgIpc) is 2.38. The summed E-state index contributed by atoms with van der Waals surface area (Å²) in [5, 5.41) is 4.08. The molecule has 4 heteroatoms. The highest BCUT2D eigenvalue weighted by Gasteiger charge is 2.03. The Hall–Kier alpha value is -0.610. The van der Waals surface area contributed by atoms with E-state index in [2.05, 4.69) is 18.3 Å². The molecule has 0 aliphatic rings. The molecule has 0 amide bonds. The molecule has 0 saturated heterocycles. The molecule has 0 radical (unpaired) electrons. The average molecular weight is 286 g/mol. The van der Waals surface area contributed by atoms with E-state index < -0.39 is 0 Å². The first-order valence-electron chi connectivity index (χ1n) is 6.68. The largest absolute Gasteiger partial charge is 0.383 e. The van der Waals surface area contributed by atoms with E-state index in [1.165, 1.54) is 11.1 Å². The third kappa shape index (κ3) is 6.39. The lowest BCUT2D eigenvalue weighted by Gasteiger charge is -2.10. The van der Waals surface area contributed by atoms with Crippen LogP contribution in [0.5, 0.6) is 0 Å². The van der Waals surface area contributed by atoms with Crippen LogP contribution in [0.2, 0.25) is 5.02 Å². The number of benzene rings is 1. The molecule has 0 saturated carbocycles. The second-order valence-electron chi connectivity index (χ2n) is 4.63. The zero-order valence-corrected chi connectivity index (χ0v) is 12.8. The highest BCUT2D eigenvalue weighted by Crippen LogP contribution is 2.20. The molecule has 1 N–H and O–H groups in total. The van der Waals surface area contributed by atoms with Crippen LogP contribution in [-0.4, -0.2) is 40.0 Å². The summed E-state index contributed by atoms with van der Waals surface area (Å²) in [6.07, 6.45) is 0.932. The zero-order chi connectivity index (χ0) is 14.1. The number of halogens is 1. The van der Waals surface area contributed by atoms with Crippen molar-refractivity contribution >= 4 is 11.6 Å². The van der Waals surface area contributed by atoms with E-state index in [0.29, 0.717) is 0 Å². The predicted molar refractivity (Wildman–Crippen MR) is 80.2 cm³/mol. The molecule has 19 heavy (non-hydrogen) atoms. The Kier molecular flexibility index (Phi) is 8.07. The van der Waals surface area contributed by atoms with E-state index in [1.54, 1.807) is 7.11 Å². The summed E-state index contributed by atoms with van der Waals surface area (Å²) in [5.41, 5.74) is 3.68. The molecule has 0 aromatic heterocycles. The first-order valence-corrected chi connectivity index (χ1v) is 7.06. The van der Waals surface area contributed by atoms with Crippen LogP contribution in [-0.2, 0) is 15.9 Å². The number of methoxy groups -OCH3 is 1. The molecule has 1 aromatic rings. The van der Waals surface area contributed by atoms with E-state index >= 15 is 0 Å². The summed E-state index contributed by atoms with van der Waals surface area (Å²) in [7, 11) is 1.70. The molecule has 1 rings (SSSR count). The molecule has 108 valence electrons. The Labute approximate surface area is 121 Å². The van der Waals surface area contributed by atoms with Crippen LogP contribution in [0.1, 0.15) is 16.7 Å². The second-order valence-corrected chi connectivity index (χ2v) is 5.04. The quantitative estimate of drug-likeness (QED) is 0.708. The van der Waals surface area contributed by atoms with Crippen LogP contribution in [0.4, 0.5) is 0 Å². The number of ether oxygens (including phenoxy) is 2. The molecule has 0 aliphatic heterocycles. The maximum absolute atomic E-state index is 6.08. The lowest BCUT2D eigenvalue weighted by molar-refractivity contribution is 0.135. The Morgan fingerprint density at radius 2 is 1.79 bits per heavy atom.